The molecule has 0 spiro atoms. The summed E-state index contributed by atoms with van der Waals surface area (Å²) in [7, 11) is 1.76. The van der Waals surface area contributed by atoms with Crippen LogP contribution in [0.1, 0.15) is 30.4 Å². The van der Waals surface area contributed by atoms with Crippen LogP contribution in [0, 0.1) is 12.8 Å². The predicted molar refractivity (Wildman–Crippen MR) is 71.6 cm³/mol. The third-order valence-electron chi connectivity index (χ3n) is 3.72. The zero-order valence-corrected chi connectivity index (χ0v) is 11.0. The summed E-state index contributed by atoms with van der Waals surface area (Å²) in [5.74, 6) is 1.94. The van der Waals surface area contributed by atoms with Gasteiger partial charge in [-0.05, 0) is 63.2 Å². The molecule has 1 heterocycles. The predicted octanol–water partition coefficient (Wildman–Crippen LogP) is 2.94. The van der Waals surface area contributed by atoms with Crippen molar-refractivity contribution >= 4 is 0 Å². The van der Waals surface area contributed by atoms with Crippen LogP contribution in [0.15, 0.2) is 18.2 Å². The van der Waals surface area contributed by atoms with E-state index in [1.807, 2.05) is 0 Å². The molecule has 0 atom stereocenters. The Morgan fingerprint density at radius 1 is 1.29 bits per heavy atom. The molecular weight excluding hydrogens is 210 g/mol. The summed E-state index contributed by atoms with van der Waals surface area (Å²) in [5, 5.41) is 3.42. The molecule has 2 nitrogen and oxygen atoms in total. The molecule has 1 fully saturated rings. The minimum Gasteiger partial charge on any atom is -0.496 e. The van der Waals surface area contributed by atoms with Crippen molar-refractivity contribution in [3.05, 3.63) is 29.3 Å². The first-order chi connectivity index (χ1) is 8.29. The summed E-state index contributed by atoms with van der Waals surface area (Å²) < 4.78 is 5.43. The van der Waals surface area contributed by atoms with Gasteiger partial charge < -0.3 is 10.1 Å². The van der Waals surface area contributed by atoms with Gasteiger partial charge in [0.05, 0.1) is 7.11 Å². The minimum atomic E-state index is 0.890. The second-order valence-corrected chi connectivity index (χ2v) is 5.05. The van der Waals surface area contributed by atoms with Gasteiger partial charge in [0.15, 0.2) is 0 Å². The fourth-order valence-electron chi connectivity index (χ4n) is 2.63. The molecule has 2 heteroatoms. The number of hydrogen-bond acceptors (Lipinski definition) is 2. The van der Waals surface area contributed by atoms with Gasteiger partial charge in [-0.25, -0.2) is 0 Å². The number of nitrogens with one attached hydrogen (secondary N) is 1. The van der Waals surface area contributed by atoms with Crippen LogP contribution in [0.4, 0.5) is 0 Å². The van der Waals surface area contributed by atoms with Crippen molar-refractivity contribution in [1.82, 2.24) is 5.32 Å². The van der Waals surface area contributed by atoms with Gasteiger partial charge in [-0.2, -0.15) is 0 Å². The summed E-state index contributed by atoms with van der Waals surface area (Å²) in [6.45, 7) is 4.53. The summed E-state index contributed by atoms with van der Waals surface area (Å²) in [5.41, 5.74) is 2.69. The van der Waals surface area contributed by atoms with Crippen LogP contribution >= 0.6 is 0 Å². The van der Waals surface area contributed by atoms with E-state index in [2.05, 4.69) is 30.4 Å². The maximum atomic E-state index is 5.43. The first-order valence-corrected chi connectivity index (χ1v) is 6.64. The van der Waals surface area contributed by atoms with E-state index in [0.717, 1.165) is 18.1 Å². The van der Waals surface area contributed by atoms with Crippen LogP contribution in [0.2, 0.25) is 0 Å². The molecule has 1 aliphatic heterocycles. The number of piperidine rings is 1. The van der Waals surface area contributed by atoms with Crippen LogP contribution in [-0.4, -0.2) is 20.2 Å². The van der Waals surface area contributed by atoms with Gasteiger partial charge in [0.2, 0.25) is 0 Å². The zero-order valence-electron chi connectivity index (χ0n) is 11.0. The first-order valence-electron chi connectivity index (χ1n) is 6.64. The van der Waals surface area contributed by atoms with Crippen molar-refractivity contribution < 1.29 is 4.74 Å². The highest BCUT2D eigenvalue weighted by molar-refractivity contribution is 5.36. The molecule has 0 radical (unpaired) electrons. The van der Waals surface area contributed by atoms with Crippen molar-refractivity contribution in [2.75, 3.05) is 20.2 Å². The van der Waals surface area contributed by atoms with E-state index in [0.29, 0.717) is 0 Å². The maximum absolute atomic E-state index is 5.43. The Hall–Kier alpha value is -1.02. The molecule has 0 aliphatic carbocycles. The molecule has 1 aromatic carbocycles. The smallest absolute Gasteiger partial charge is 0.122 e. The molecule has 17 heavy (non-hydrogen) atoms. The number of aryl methyl sites for hydroxylation is 2. The Morgan fingerprint density at radius 2 is 2.06 bits per heavy atom. The zero-order chi connectivity index (χ0) is 12.1. The molecule has 1 saturated heterocycles. The highest BCUT2D eigenvalue weighted by Crippen LogP contribution is 2.25. The fraction of sp³-hybridized carbons (Fsp3) is 0.600. The average Bonchev–Trinajstić information content (AvgIpc) is 2.38. The molecule has 0 aromatic heterocycles. The number of rotatable bonds is 4. The van der Waals surface area contributed by atoms with E-state index < -0.39 is 0 Å². The van der Waals surface area contributed by atoms with E-state index in [-0.39, 0.29) is 0 Å². The summed E-state index contributed by atoms with van der Waals surface area (Å²) in [6, 6.07) is 6.47. The van der Waals surface area contributed by atoms with Crippen molar-refractivity contribution in [3.8, 4) is 5.75 Å². The van der Waals surface area contributed by atoms with E-state index in [9.17, 15) is 0 Å². The Labute approximate surface area is 104 Å². The lowest BCUT2D eigenvalue weighted by molar-refractivity contribution is 0.350. The van der Waals surface area contributed by atoms with Gasteiger partial charge in [0, 0.05) is 0 Å². The molecule has 0 amide bonds. The molecule has 1 aromatic rings. The van der Waals surface area contributed by atoms with Gasteiger partial charge in [0.1, 0.15) is 5.75 Å². The third-order valence-corrected chi connectivity index (χ3v) is 3.72. The number of ether oxygens (including phenoxy) is 1. The normalized spacial score (nSPS) is 17.1. The van der Waals surface area contributed by atoms with Crippen LogP contribution in [-0.2, 0) is 6.42 Å². The Kier molecular flexibility index (Phi) is 4.43. The maximum Gasteiger partial charge on any atom is 0.122 e. The largest absolute Gasteiger partial charge is 0.496 e. The fourth-order valence-corrected chi connectivity index (χ4v) is 2.63. The molecular formula is C15H23NO. The molecule has 2 rings (SSSR count). The van der Waals surface area contributed by atoms with Gasteiger partial charge in [-0.3, -0.25) is 0 Å². The number of methoxy groups -OCH3 is 1. The molecule has 0 saturated carbocycles. The number of hydrogen-bond donors (Lipinski definition) is 1. The van der Waals surface area contributed by atoms with Crippen molar-refractivity contribution in [1.29, 1.82) is 0 Å². The van der Waals surface area contributed by atoms with Crippen LogP contribution < -0.4 is 10.1 Å². The average molecular weight is 233 g/mol. The lowest BCUT2D eigenvalue weighted by Crippen LogP contribution is -2.27. The highest BCUT2D eigenvalue weighted by atomic mass is 16.5. The second-order valence-electron chi connectivity index (χ2n) is 5.05. The monoisotopic (exact) mass is 233 g/mol. The first kappa shape index (κ1) is 12.4. The lowest BCUT2D eigenvalue weighted by Gasteiger charge is -2.22. The van der Waals surface area contributed by atoms with Crippen molar-refractivity contribution in [2.24, 2.45) is 5.92 Å². The lowest BCUT2D eigenvalue weighted by atomic mass is 9.91. The van der Waals surface area contributed by atoms with Gasteiger partial charge in [-0.15, -0.1) is 0 Å². The van der Waals surface area contributed by atoms with Crippen molar-refractivity contribution in [3.63, 3.8) is 0 Å². The highest BCUT2D eigenvalue weighted by Gasteiger charge is 2.13. The standard InChI is InChI=1S/C15H23NO/c1-12-3-6-15(17-2)14(11-12)5-4-13-7-9-16-10-8-13/h3,6,11,13,16H,4-5,7-10H2,1-2H3. The molecule has 94 valence electrons. The van der Waals surface area contributed by atoms with E-state index >= 15 is 0 Å². The molecule has 0 unspecified atom stereocenters. The van der Waals surface area contributed by atoms with E-state index in [4.69, 9.17) is 4.74 Å². The third kappa shape index (κ3) is 3.47. The number of benzene rings is 1. The van der Waals surface area contributed by atoms with Crippen LogP contribution in [0.25, 0.3) is 0 Å². The second kappa shape index (κ2) is 6.06. The quantitative estimate of drug-likeness (QED) is 0.863. The Balaban J connectivity index is 1.95. The summed E-state index contributed by atoms with van der Waals surface area (Å²) in [6.07, 6.45) is 5.10. The van der Waals surface area contributed by atoms with Crippen LogP contribution in [0.5, 0.6) is 5.75 Å². The molecule has 1 aliphatic rings. The molecule has 0 bridgehead atoms. The minimum absolute atomic E-state index is 0.890. The van der Waals surface area contributed by atoms with Crippen molar-refractivity contribution in [2.45, 2.75) is 32.6 Å². The SMILES string of the molecule is COc1ccc(C)cc1CCC1CCNCC1. The Bertz CT molecular complexity index is 356. The van der Waals surface area contributed by atoms with Gasteiger partial charge >= 0.3 is 0 Å². The van der Waals surface area contributed by atoms with Gasteiger partial charge in [-0.1, -0.05) is 17.7 Å². The molecule has 1 N–H and O–H groups in total. The summed E-state index contributed by atoms with van der Waals surface area (Å²) >= 11 is 0. The van der Waals surface area contributed by atoms with Crippen LogP contribution in [0.3, 0.4) is 0 Å². The van der Waals surface area contributed by atoms with E-state index in [1.165, 1.54) is 43.5 Å². The Morgan fingerprint density at radius 3 is 2.76 bits per heavy atom. The topological polar surface area (TPSA) is 21.3 Å². The van der Waals surface area contributed by atoms with E-state index in [1.54, 1.807) is 7.11 Å². The summed E-state index contributed by atoms with van der Waals surface area (Å²) in [4.78, 5) is 0. The van der Waals surface area contributed by atoms with Gasteiger partial charge in [0.25, 0.3) is 0 Å².